The van der Waals surface area contributed by atoms with Gasteiger partial charge in [-0.2, -0.15) is 0 Å². The molecular weight excluding hydrogens is 380 g/mol. The summed E-state index contributed by atoms with van der Waals surface area (Å²) < 4.78 is 1.36. The smallest absolute Gasteiger partial charge is 0.263 e. The Bertz CT molecular complexity index is 1190. The Morgan fingerprint density at radius 1 is 1.11 bits per heavy atom. The van der Waals surface area contributed by atoms with Crippen molar-refractivity contribution in [2.24, 2.45) is 0 Å². The molecular formula is C21H15ClN2O2S. The van der Waals surface area contributed by atoms with Crippen molar-refractivity contribution in [3.8, 4) is 11.1 Å². The Morgan fingerprint density at radius 2 is 1.81 bits per heavy atom. The van der Waals surface area contributed by atoms with Gasteiger partial charge in [-0.1, -0.05) is 41.4 Å². The summed E-state index contributed by atoms with van der Waals surface area (Å²) in [5.41, 5.74) is 3.27. The summed E-state index contributed by atoms with van der Waals surface area (Å²) in [6.45, 7) is 1.96. The van der Waals surface area contributed by atoms with Crippen LogP contribution in [0, 0.1) is 6.92 Å². The molecule has 27 heavy (non-hydrogen) atoms. The molecule has 0 saturated carbocycles. The highest BCUT2D eigenvalue weighted by Gasteiger charge is 2.15. The molecule has 0 amide bonds. The molecule has 0 saturated heterocycles. The van der Waals surface area contributed by atoms with Gasteiger partial charge in [0.05, 0.1) is 18.3 Å². The number of rotatable bonds is 4. The second-order valence-corrected chi connectivity index (χ2v) is 7.60. The Balaban J connectivity index is 1.74. The number of halogens is 1. The topological polar surface area (TPSA) is 52.0 Å². The van der Waals surface area contributed by atoms with E-state index in [1.54, 1.807) is 24.3 Å². The molecule has 0 aliphatic rings. The monoisotopic (exact) mass is 394 g/mol. The van der Waals surface area contributed by atoms with Crippen molar-refractivity contribution in [1.82, 2.24) is 9.55 Å². The standard InChI is InChI=1S/C21H15ClN2O2S/c1-13-2-4-14(5-3-13)17-11-27-20-19(17)21(26)24(12-23-20)10-18(25)15-6-8-16(22)9-7-15/h2-9,11-12H,10H2,1H3. The van der Waals surface area contributed by atoms with Crippen LogP contribution in [0.4, 0.5) is 0 Å². The average Bonchev–Trinajstić information content (AvgIpc) is 3.10. The number of Topliss-reactive ketones (excluding diaryl/α,β-unsaturated/α-hetero) is 1. The lowest BCUT2D eigenvalue weighted by Crippen LogP contribution is -2.24. The van der Waals surface area contributed by atoms with E-state index < -0.39 is 0 Å². The number of aromatic nitrogens is 2. The van der Waals surface area contributed by atoms with Crippen LogP contribution in [0.5, 0.6) is 0 Å². The number of ketones is 1. The zero-order chi connectivity index (χ0) is 19.0. The molecule has 4 rings (SSSR count). The number of aryl methyl sites for hydroxylation is 1. The quantitative estimate of drug-likeness (QED) is 0.459. The van der Waals surface area contributed by atoms with Crippen molar-refractivity contribution in [2.45, 2.75) is 13.5 Å². The summed E-state index contributed by atoms with van der Waals surface area (Å²) >= 11 is 7.29. The van der Waals surface area contributed by atoms with Gasteiger partial charge >= 0.3 is 0 Å². The van der Waals surface area contributed by atoms with Gasteiger partial charge in [-0.05, 0) is 36.8 Å². The summed E-state index contributed by atoms with van der Waals surface area (Å²) in [5, 5.41) is 3.05. The fourth-order valence-electron chi connectivity index (χ4n) is 2.91. The average molecular weight is 395 g/mol. The highest BCUT2D eigenvalue weighted by Crippen LogP contribution is 2.30. The minimum Gasteiger partial charge on any atom is -0.292 e. The van der Waals surface area contributed by atoms with E-state index >= 15 is 0 Å². The molecule has 0 fully saturated rings. The molecule has 4 aromatic rings. The van der Waals surface area contributed by atoms with Crippen LogP contribution in [0.3, 0.4) is 0 Å². The highest BCUT2D eigenvalue weighted by atomic mass is 35.5. The number of hydrogen-bond donors (Lipinski definition) is 0. The fraction of sp³-hybridized carbons (Fsp3) is 0.0952. The molecule has 0 aliphatic heterocycles. The van der Waals surface area contributed by atoms with Crippen LogP contribution in [0.15, 0.2) is 65.0 Å². The first-order valence-corrected chi connectivity index (χ1v) is 9.61. The Hall–Kier alpha value is -2.76. The van der Waals surface area contributed by atoms with Crippen molar-refractivity contribution >= 4 is 38.9 Å². The van der Waals surface area contributed by atoms with Crippen LogP contribution >= 0.6 is 22.9 Å². The lowest BCUT2D eigenvalue weighted by molar-refractivity contribution is 0.0970. The largest absolute Gasteiger partial charge is 0.292 e. The van der Waals surface area contributed by atoms with Gasteiger partial charge in [-0.15, -0.1) is 11.3 Å². The van der Waals surface area contributed by atoms with E-state index in [0.29, 0.717) is 20.8 Å². The van der Waals surface area contributed by atoms with E-state index in [4.69, 9.17) is 11.6 Å². The Morgan fingerprint density at radius 3 is 2.52 bits per heavy atom. The molecule has 4 nitrogen and oxygen atoms in total. The minimum atomic E-state index is -0.209. The van der Waals surface area contributed by atoms with Gasteiger partial charge < -0.3 is 0 Å². The molecule has 0 unspecified atom stereocenters. The van der Waals surface area contributed by atoms with Gasteiger partial charge in [0, 0.05) is 21.5 Å². The third-order valence-electron chi connectivity index (χ3n) is 4.40. The van der Waals surface area contributed by atoms with E-state index in [-0.39, 0.29) is 17.9 Å². The second-order valence-electron chi connectivity index (χ2n) is 6.30. The molecule has 0 atom stereocenters. The maximum atomic E-state index is 13.0. The molecule has 0 spiro atoms. The summed E-state index contributed by atoms with van der Waals surface area (Å²) in [4.78, 5) is 30.6. The van der Waals surface area contributed by atoms with Crippen molar-refractivity contribution in [2.75, 3.05) is 0 Å². The number of benzene rings is 2. The number of fused-ring (bicyclic) bond motifs is 1. The van der Waals surface area contributed by atoms with Crippen LogP contribution < -0.4 is 5.56 Å². The van der Waals surface area contributed by atoms with E-state index in [0.717, 1.165) is 16.7 Å². The molecule has 134 valence electrons. The van der Waals surface area contributed by atoms with E-state index in [1.165, 1.54) is 22.2 Å². The van der Waals surface area contributed by atoms with Gasteiger partial charge in [0.2, 0.25) is 0 Å². The third kappa shape index (κ3) is 3.44. The molecule has 0 N–H and O–H groups in total. The van der Waals surface area contributed by atoms with Gasteiger partial charge in [-0.3, -0.25) is 14.2 Å². The normalized spacial score (nSPS) is 11.0. The molecule has 0 radical (unpaired) electrons. The van der Waals surface area contributed by atoms with Gasteiger partial charge in [0.15, 0.2) is 5.78 Å². The molecule has 2 aromatic heterocycles. The maximum absolute atomic E-state index is 13.0. The van der Waals surface area contributed by atoms with E-state index in [2.05, 4.69) is 4.98 Å². The molecule has 6 heteroatoms. The maximum Gasteiger partial charge on any atom is 0.263 e. The molecule has 2 heterocycles. The Labute approximate surface area is 164 Å². The lowest BCUT2D eigenvalue weighted by Gasteiger charge is -2.06. The van der Waals surface area contributed by atoms with Crippen LogP contribution in [-0.2, 0) is 6.54 Å². The minimum absolute atomic E-state index is 0.0629. The van der Waals surface area contributed by atoms with Crippen LogP contribution in [0.2, 0.25) is 5.02 Å². The van der Waals surface area contributed by atoms with Crippen molar-refractivity contribution in [3.63, 3.8) is 0 Å². The summed E-state index contributed by atoms with van der Waals surface area (Å²) in [5.74, 6) is -0.165. The SMILES string of the molecule is Cc1ccc(-c2csc3ncn(CC(=O)c4ccc(Cl)cc4)c(=O)c23)cc1. The molecule has 0 bridgehead atoms. The third-order valence-corrected chi connectivity index (χ3v) is 5.54. The van der Waals surface area contributed by atoms with E-state index in [1.807, 2.05) is 36.6 Å². The van der Waals surface area contributed by atoms with Gasteiger partial charge in [0.1, 0.15) is 4.83 Å². The Kier molecular flexibility index (Phi) is 4.64. The van der Waals surface area contributed by atoms with Crippen molar-refractivity contribution in [3.05, 3.63) is 86.7 Å². The summed E-state index contributed by atoms with van der Waals surface area (Å²) in [6.07, 6.45) is 1.44. The van der Waals surface area contributed by atoms with Crippen LogP contribution in [-0.4, -0.2) is 15.3 Å². The predicted octanol–water partition coefficient (Wildman–Crippen LogP) is 4.97. The summed E-state index contributed by atoms with van der Waals surface area (Å²) in [6, 6.07) is 14.6. The first-order valence-electron chi connectivity index (χ1n) is 8.35. The highest BCUT2D eigenvalue weighted by molar-refractivity contribution is 7.17. The van der Waals surface area contributed by atoms with Crippen molar-refractivity contribution < 1.29 is 4.79 Å². The van der Waals surface area contributed by atoms with Crippen LogP contribution in [0.1, 0.15) is 15.9 Å². The number of hydrogen-bond acceptors (Lipinski definition) is 4. The first-order chi connectivity index (χ1) is 13.0. The van der Waals surface area contributed by atoms with Crippen LogP contribution in [0.25, 0.3) is 21.3 Å². The fourth-order valence-corrected chi connectivity index (χ4v) is 3.94. The van der Waals surface area contributed by atoms with Gasteiger partial charge in [-0.25, -0.2) is 4.98 Å². The zero-order valence-electron chi connectivity index (χ0n) is 14.5. The molecule has 0 aliphatic carbocycles. The lowest BCUT2D eigenvalue weighted by atomic mass is 10.1. The van der Waals surface area contributed by atoms with Gasteiger partial charge in [0.25, 0.3) is 5.56 Å². The predicted molar refractivity (Wildman–Crippen MR) is 110 cm³/mol. The number of carbonyl (C=O) groups is 1. The molecule has 2 aromatic carbocycles. The van der Waals surface area contributed by atoms with Crippen molar-refractivity contribution in [1.29, 1.82) is 0 Å². The second kappa shape index (κ2) is 7.10. The number of carbonyl (C=O) groups excluding carboxylic acids is 1. The number of nitrogens with zero attached hydrogens (tertiary/aromatic N) is 2. The first kappa shape index (κ1) is 17.6. The number of thiophene rings is 1. The van der Waals surface area contributed by atoms with E-state index in [9.17, 15) is 9.59 Å². The summed E-state index contributed by atoms with van der Waals surface area (Å²) in [7, 11) is 0. The zero-order valence-corrected chi connectivity index (χ0v) is 16.1.